The molecule has 4 N–H and O–H groups in total. The number of ketones is 2. The molecular weight excluding hydrogens is 768 g/mol. The number of pyridine rings is 1. The van der Waals surface area contributed by atoms with Crippen molar-refractivity contribution in [1.29, 1.82) is 0 Å². The van der Waals surface area contributed by atoms with E-state index in [1.165, 1.54) is 48.5 Å². The number of carbonyl (C=O) groups is 2. The minimum Gasteiger partial charge on any atom is -0.507 e. The Hall–Kier alpha value is -7.62. The van der Waals surface area contributed by atoms with E-state index >= 15 is 4.39 Å². The van der Waals surface area contributed by atoms with Gasteiger partial charge in [0.1, 0.15) is 34.2 Å². The number of para-hydroxylation sites is 1. The van der Waals surface area contributed by atoms with Gasteiger partial charge in [0.2, 0.25) is 11.6 Å². The summed E-state index contributed by atoms with van der Waals surface area (Å²) in [5, 5.41) is 33.4. The molecular formula is C42H26F4N2O10. The predicted octanol–water partition coefficient (Wildman–Crippen LogP) is 6.20. The van der Waals surface area contributed by atoms with Gasteiger partial charge in [-0.25, -0.2) is 27.2 Å². The fraction of sp³-hybridized carbons (Fsp3) is 0.0952. The average Bonchev–Trinajstić information content (AvgIpc) is 3.19. The van der Waals surface area contributed by atoms with Gasteiger partial charge < -0.3 is 29.1 Å². The van der Waals surface area contributed by atoms with Crippen LogP contribution in [-0.4, -0.2) is 45.1 Å². The maximum Gasteiger partial charge on any atom is 0.344 e. The third-order valence-corrected chi connectivity index (χ3v) is 9.69. The molecule has 292 valence electrons. The van der Waals surface area contributed by atoms with E-state index in [-0.39, 0.29) is 27.5 Å². The first-order valence-corrected chi connectivity index (χ1v) is 17.1. The monoisotopic (exact) mass is 794 g/mol. The summed E-state index contributed by atoms with van der Waals surface area (Å²) >= 11 is 0. The number of aromatic hydroxyl groups is 3. The van der Waals surface area contributed by atoms with Crippen molar-refractivity contribution in [3.63, 3.8) is 0 Å². The van der Waals surface area contributed by atoms with Crippen molar-refractivity contribution >= 4 is 40.2 Å². The van der Waals surface area contributed by atoms with Crippen molar-refractivity contribution in [2.45, 2.75) is 17.8 Å². The molecule has 3 heterocycles. The van der Waals surface area contributed by atoms with Crippen LogP contribution in [0.5, 0.6) is 17.2 Å². The number of rotatable bonds is 11. The lowest BCUT2D eigenvalue weighted by molar-refractivity contribution is -0.137. The Labute approximate surface area is 321 Å². The van der Waals surface area contributed by atoms with Crippen molar-refractivity contribution in [1.82, 2.24) is 4.98 Å². The largest absolute Gasteiger partial charge is 0.507 e. The molecule has 7 rings (SSSR count). The maximum atomic E-state index is 15.5. The smallest absolute Gasteiger partial charge is 0.344 e. The Morgan fingerprint density at radius 3 is 1.93 bits per heavy atom. The fourth-order valence-electron chi connectivity index (χ4n) is 6.99. The summed E-state index contributed by atoms with van der Waals surface area (Å²) in [4.78, 5) is 74.2. The standard InChI is InChI=1S/C42H26F4N2O10/c1-47-17-23(38(52)39(53)30(32-27(49)12-13-48-40(32)54)19-14-25(44)35(46)26(45)15-19)18-10-11-22-29(16-18)58-42(56)34(37(22)51)31(20-6-2-4-8-24(20)43)33-36(50)21-7-3-5-9-28(21)57-41(33)55/h2-16,23,30-31,50-51H,1,17H2,(H2,48,49,54). The number of Topliss-reactive ketones (excluding diaryl/α,β-unsaturated/α-hetero) is 2. The summed E-state index contributed by atoms with van der Waals surface area (Å²) in [6.45, 7) is 2.83. The number of aliphatic imine (C=N–C) groups is 1. The van der Waals surface area contributed by atoms with Crippen molar-refractivity contribution in [2.75, 3.05) is 6.54 Å². The van der Waals surface area contributed by atoms with Gasteiger partial charge in [0.05, 0.1) is 51.8 Å². The lowest BCUT2D eigenvalue weighted by atomic mass is 9.81. The lowest BCUT2D eigenvalue weighted by Crippen LogP contribution is -2.32. The van der Waals surface area contributed by atoms with Crippen LogP contribution in [0.1, 0.15) is 51.1 Å². The number of halogens is 4. The number of nitrogens with zero attached hydrogens (tertiary/aromatic N) is 1. The van der Waals surface area contributed by atoms with E-state index in [4.69, 9.17) is 8.83 Å². The Bertz CT molecular complexity index is 3010. The van der Waals surface area contributed by atoms with Gasteiger partial charge in [0.15, 0.2) is 17.5 Å². The fourth-order valence-corrected chi connectivity index (χ4v) is 6.99. The molecule has 3 aromatic heterocycles. The van der Waals surface area contributed by atoms with Crippen LogP contribution in [-0.2, 0) is 9.59 Å². The molecule has 0 fully saturated rings. The van der Waals surface area contributed by atoms with Gasteiger partial charge in [-0.15, -0.1) is 0 Å². The summed E-state index contributed by atoms with van der Waals surface area (Å²) in [5.74, 6) is -17.1. The molecule has 0 bridgehead atoms. The molecule has 0 radical (unpaired) electrons. The van der Waals surface area contributed by atoms with Crippen LogP contribution >= 0.6 is 0 Å². The highest BCUT2D eigenvalue weighted by Crippen LogP contribution is 2.43. The summed E-state index contributed by atoms with van der Waals surface area (Å²) in [5.41, 5.74) is -7.15. The molecule has 12 nitrogen and oxygen atoms in total. The van der Waals surface area contributed by atoms with Crippen molar-refractivity contribution in [3.8, 4) is 17.2 Å². The van der Waals surface area contributed by atoms with Crippen LogP contribution in [0.25, 0.3) is 21.9 Å². The second-order valence-electron chi connectivity index (χ2n) is 13.0. The molecule has 4 aromatic carbocycles. The molecule has 0 saturated carbocycles. The van der Waals surface area contributed by atoms with Gasteiger partial charge in [-0.1, -0.05) is 36.4 Å². The van der Waals surface area contributed by atoms with Gasteiger partial charge in [0.25, 0.3) is 5.56 Å². The van der Waals surface area contributed by atoms with Gasteiger partial charge >= 0.3 is 11.3 Å². The van der Waals surface area contributed by atoms with Gasteiger partial charge in [-0.3, -0.25) is 19.4 Å². The molecule has 0 amide bonds. The first-order valence-electron chi connectivity index (χ1n) is 17.1. The average molecular weight is 795 g/mol. The van der Waals surface area contributed by atoms with Crippen LogP contribution in [0.2, 0.25) is 0 Å². The highest BCUT2D eigenvalue weighted by molar-refractivity contribution is 6.42. The zero-order valence-corrected chi connectivity index (χ0v) is 29.5. The first-order chi connectivity index (χ1) is 27.7. The molecule has 3 unspecified atom stereocenters. The molecule has 3 atom stereocenters. The van der Waals surface area contributed by atoms with Crippen molar-refractivity contribution in [2.24, 2.45) is 4.99 Å². The summed E-state index contributed by atoms with van der Waals surface area (Å²) < 4.78 is 69.3. The number of aromatic nitrogens is 1. The molecule has 0 spiro atoms. The second-order valence-corrected chi connectivity index (χ2v) is 13.0. The third kappa shape index (κ3) is 6.59. The van der Waals surface area contributed by atoms with Crippen LogP contribution in [0.15, 0.2) is 119 Å². The summed E-state index contributed by atoms with van der Waals surface area (Å²) in [6, 6.07) is 16.1. The van der Waals surface area contributed by atoms with E-state index in [9.17, 15) is 52.5 Å². The van der Waals surface area contributed by atoms with Crippen LogP contribution in [0.4, 0.5) is 17.6 Å². The first kappa shape index (κ1) is 38.6. The molecule has 58 heavy (non-hydrogen) atoms. The number of nitrogens with one attached hydrogen (secondary N) is 1. The van der Waals surface area contributed by atoms with Crippen LogP contribution in [0.3, 0.4) is 0 Å². The molecule has 0 saturated heterocycles. The number of fused-ring (bicyclic) bond motifs is 2. The third-order valence-electron chi connectivity index (χ3n) is 9.69. The molecule has 16 heteroatoms. The number of carbonyl (C=O) groups excluding carboxylic acids is 2. The Morgan fingerprint density at radius 1 is 0.690 bits per heavy atom. The number of H-pyrrole nitrogens is 1. The van der Waals surface area contributed by atoms with Gasteiger partial charge in [0, 0.05) is 11.8 Å². The Balaban J connectivity index is 1.37. The Morgan fingerprint density at radius 2 is 1.29 bits per heavy atom. The molecule has 0 aliphatic heterocycles. The molecule has 7 aromatic rings. The maximum absolute atomic E-state index is 15.5. The van der Waals surface area contributed by atoms with Crippen molar-refractivity contribution in [3.05, 3.63) is 179 Å². The van der Waals surface area contributed by atoms with Crippen LogP contribution in [0, 0.1) is 23.3 Å². The topological polar surface area (TPSA) is 200 Å². The normalized spacial score (nSPS) is 13.0. The minimum atomic E-state index is -2.17. The van der Waals surface area contributed by atoms with E-state index in [1.807, 2.05) is 0 Å². The number of benzene rings is 4. The number of hydrogen-bond donors (Lipinski definition) is 4. The number of hydrogen-bond acceptors (Lipinski definition) is 11. The van der Waals surface area contributed by atoms with E-state index in [0.29, 0.717) is 12.1 Å². The Kier molecular flexibility index (Phi) is 10.1. The quantitative estimate of drug-likeness (QED) is 0.0385. The molecule has 0 aliphatic carbocycles. The van der Waals surface area contributed by atoms with E-state index in [0.717, 1.165) is 30.5 Å². The highest BCUT2D eigenvalue weighted by Gasteiger charge is 2.39. The lowest BCUT2D eigenvalue weighted by Gasteiger charge is -2.21. The summed E-state index contributed by atoms with van der Waals surface area (Å²) in [7, 11) is 0. The van der Waals surface area contributed by atoms with Gasteiger partial charge in [-0.2, -0.15) is 0 Å². The van der Waals surface area contributed by atoms with E-state index < -0.39 is 121 Å². The summed E-state index contributed by atoms with van der Waals surface area (Å²) in [6.07, 6.45) is 1.00. The second kappa shape index (κ2) is 15.1. The van der Waals surface area contributed by atoms with Crippen molar-refractivity contribution < 1.29 is 51.3 Å². The van der Waals surface area contributed by atoms with Crippen LogP contribution < -0.4 is 16.8 Å². The number of aromatic amines is 1. The zero-order valence-electron chi connectivity index (χ0n) is 29.5. The minimum absolute atomic E-state index is 0.0180. The highest BCUT2D eigenvalue weighted by atomic mass is 19.2. The van der Waals surface area contributed by atoms with E-state index in [1.54, 1.807) is 0 Å². The van der Waals surface area contributed by atoms with E-state index in [2.05, 4.69) is 16.7 Å². The predicted molar refractivity (Wildman–Crippen MR) is 200 cm³/mol. The molecule has 0 aliphatic rings. The zero-order chi connectivity index (χ0) is 41.6. The SMILES string of the molecule is C=NCC(C(=O)C(=O)C(c1cc(F)c(F)c(F)c1)c1c(O)cc[nH]c1=O)c1ccc2c(O)c(C(c3ccccc3F)c3c(O)c4ccccc4oc3=O)c(=O)oc2c1. The van der Waals surface area contributed by atoms with Gasteiger partial charge in [-0.05, 0) is 66.4 Å².